The molecule has 0 aliphatic carbocycles. The van der Waals surface area contributed by atoms with Crippen molar-refractivity contribution in [3.05, 3.63) is 76.9 Å². The lowest BCUT2D eigenvalue weighted by Crippen LogP contribution is -2.36. The normalized spacial score (nSPS) is 15.0. The summed E-state index contributed by atoms with van der Waals surface area (Å²) in [7, 11) is 0. The highest BCUT2D eigenvalue weighted by molar-refractivity contribution is 5.91. The van der Waals surface area contributed by atoms with Gasteiger partial charge >= 0.3 is 6.18 Å². The smallest absolute Gasteiger partial charge is 0.350 e. The van der Waals surface area contributed by atoms with E-state index >= 15 is 0 Å². The quantitative estimate of drug-likeness (QED) is 0.317. The number of halogens is 3. The molecule has 3 aromatic rings. The molecule has 1 aliphatic heterocycles. The molecule has 11 nitrogen and oxygen atoms in total. The van der Waals surface area contributed by atoms with Crippen molar-refractivity contribution in [3.63, 3.8) is 0 Å². The zero-order valence-electron chi connectivity index (χ0n) is 22.8. The number of aryl methyl sites for hydroxylation is 1. The maximum Gasteiger partial charge on any atom is 0.417 e. The van der Waals surface area contributed by atoms with Gasteiger partial charge in [0.25, 0.3) is 5.91 Å². The van der Waals surface area contributed by atoms with Gasteiger partial charge in [0.05, 0.1) is 18.3 Å². The summed E-state index contributed by atoms with van der Waals surface area (Å²) in [6, 6.07) is 8.31. The topological polar surface area (TPSA) is 130 Å². The highest BCUT2D eigenvalue weighted by Gasteiger charge is 2.31. The third-order valence-corrected chi connectivity index (χ3v) is 6.49. The van der Waals surface area contributed by atoms with Crippen molar-refractivity contribution in [2.24, 2.45) is 10.3 Å². The molecule has 0 spiro atoms. The lowest BCUT2D eigenvalue weighted by Gasteiger charge is -2.14. The van der Waals surface area contributed by atoms with E-state index in [9.17, 15) is 22.8 Å². The van der Waals surface area contributed by atoms with Crippen LogP contribution in [0.15, 0.2) is 59.3 Å². The Kier molecular flexibility index (Phi) is 9.63. The van der Waals surface area contributed by atoms with Gasteiger partial charge in [0.15, 0.2) is 11.7 Å². The highest BCUT2D eigenvalue weighted by Crippen LogP contribution is 2.28. The van der Waals surface area contributed by atoms with Crippen LogP contribution < -0.4 is 10.6 Å². The fraction of sp³-hybridized carbons (Fsp3) is 0.444. The molecule has 1 atom stereocenters. The minimum atomic E-state index is -4.50. The molecule has 0 bridgehead atoms. The predicted octanol–water partition coefficient (Wildman–Crippen LogP) is 3.89. The lowest BCUT2D eigenvalue weighted by molar-refractivity contribution is -0.137. The average Bonchev–Trinajstić information content (AvgIpc) is 3.63. The zero-order chi connectivity index (χ0) is 29.4. The molecule has 3 heterocycles. The summed E-state index contributed by atoms with van der Waals surface area (Å²) in [6.45, 7) is 5.94. The minimum absolute atomic E-state index is 0.0923. The second kappa shape index (κ2) is 13.3. The standard InChI is InChI=1S/C27H32F3N9O2/c1-18(2)21-7-5-6-19(10-21)13-32-25(40)23-16-38(36-34-23)8-3-4-9-39-17-24(35-37-39)26(41)33-14-20-11-22(15-31-12-20)27(28,29)30/h5-7,10-12,15-16,18,24H,3-4,8-9,13-14,17H2,1-2H3,(H,32,40)(H,33,41). The van der Waals surface area contributed by atoms with Gasteiger partial charge in [-0.25, -0.2) is 0 Å². The number of pyridine rings is 1. The van der Waals surface area contributed by atoms with Crippen LogP contribution in [-0.4, -0.2) is 55.9 Å². The molecule has 1 aliphatic rings. The number of carbonyl (C=O) groups excluding carboxylic acids is 2. The van der Waals surface area contributed by atoms with Gasteiger partial charge in [-0.05, 0) is 41.5 Å². The Bertz CT molecular complexity index is 1370. The second-order valence-electron chi connectivity index (χ2n) is 10.1. The van der Waals surface area contributed by atoms with E-state index in [0.717, 1.165) is 30.7 Å². The van der Waals surface area contributed by atoms with Crippen LogP contribution in [0.4, 0.5) is 13.2 Å². The van der Waals surface area contributed by atoms with Crippen LogP contribution in [0.5, 0.6) is 0 Å². The van der Waals surface area contributed by atoms with Gasteiger partial charge in [-0.3, -0.25) is 24.3 Å². The van der Waals surface area contributed by atoms with E-state index in [-0.39, 0.29) is 30.3 Å². The third kappa shape index (κ3) is 8.56. The number of carbonyl (C=O) groups is 2. The molecule has 14 heteroatoms. The molecule has 0 radical (unpaired) electrons. The van der Waals surface area contributed by atoms with E-state index in [0.29, 0.717) is 25.6 Å². The van der Waals surface area contributed by atoms with Crippen molar-refractivity contribution < 1.29 is 22.8 Å². The second-order valence-corrected chi connectivity index (χ2v) is 10.1. The fourth-order valence-corrected chi connectivity index (χ4v) is 4.14. The molecule has 0 saturated heterocycles. The van der Waals surface area contributed by atoms with Gasteiger partial charge in [-0.15, -0.1) is 5.10 Å². The van der Waals surface area contributed by atoms with Crippen LogP contribution in [-0.2, 0) is 30.6 Å². The number of rotatable bonds is 12. The number of alkyl halides is 3. The first-order valence-electron chi connectivity index (χ1n) is 13.3. The largest absolute Gasteiger partial charge is 0.417 e. The monoisotopic (exact) mass is 571 g/mol. The molecule has 0 fully saturated rings. The molecule has 41 heavy (non-hydrogen) atoms. The molecule has 4 rings (SSSR count). The van der Waals surface area contributed by atoms with Gasteiger partial charge in [-0.2, -0.15) is 18.3 Å². The number of hydrogen-bond donors (Lipinski definition) is 2. The van der Waals surface area contributed by atoms with Gasteiger partial charge in [-0.1, -0.05) is 48.5 Å². The molecular weight excluding hydrogens is 539 g/mol. The Morgan fingerprint density at radius 2 is 1.83 bits per heavy atom. The molecule has 1 aromatic carbocycles. The predicted molar refractivity (Wildman–Crippen MR) is 142 cm³/mol. The van der Waals surface area contributed by atoms with Gasteiger partial charge in [0.1, 0.15) is 0 Å². The molecular formula is C27H32F3N9O2. The van der Waals surface area contributed by atoms with E-state index < -0.39 is 23.7 Å². The number of aromatic nitrogens is 4. The van der Waals surface area contributed by atoms with E-state index in [1.54, 1.807) is 15.9 Å². The molecule has 2 N–H and O–H groups in total. The van der Waals surface area contributed by atoms with Crippen LogP contribution in [0, 0.1) is 0 Å². The van der Waals surface area contributed by atoms with Crippen molar-refractivity contribution >= 4 is 11.8 Å². The molecule has 0 saturated carbocycles. The Morgan fingerprint density at radius 3 is 2.61 bits per heavy atom. The third-order valence-electron chi connectivity index (χ3n) is 6.49. The summed E-state index contributed by atoms with van der Waals surface area (Å²) in [5, 5.41) is 23.1. The number of hydrogen-bond acceptors (Lipinski definition) is 8. The summed E-state index contributed by atoms with van der Waals surface area (Å²) < 4.78 is 40.1. The maximum atomic E-state index is 12.8. The SMILES string of the molecule is CC(C)c1cccc(CNC(=O)c2cn(CCCCN3CC(C(=O)NCc4cncc(C(F)(F)F)c4)N=N3)nn2)c1. The number of amides is 2. The van der Waals surface area contributed by atoms with Crippen molar-refractivity contribution in [3.8, 4) is 0 Å². The summed E-state index contributed by atoms with van der Waals surface area (Å²) in [6.07, 6.45) is 0.584. The van der Waals surface area contributed by atoms with Crippen LogP contribution in [0.3, 0.4) is 0 Å². The van der Waals surface area contributed by atoms with Gasteiger partial charge in [0.2, 0.25) is 5.91 Å². The van der Waals surface area contributed by atoms with E-state index in [1.165, 1.54) is 11.8 Å². The average molecular weight is 572 g/mol. The Morgan fingerprint density at radius 1 is 1.05 bits per heavy atom. The number of benzene rings is 1. The summed E-state index contributed by atoms with van der Waals surface area (Å²) in [5.74, 6) is -0.309. The first kappa shape index (κ1) is 29.6. The van der Waals surface area contributed by atoms with Crippen LogP contribution in [0.25, 0.3) is 0 Å². The van der Waals surface area contributed by atoms with Gasteiger partial charge < -0.3 is 10.6 Å². The van der Waals surface area contributed by atoms with Gasteiger partial charge in [0, 0.05) is 38.6 Å². The van der Waals surface area contributed by atoms with Crippen molar-refractivity contribution in [2.75, 3.05) is 13.1 Å². The number of nitrogens with zero attached hydrogens (tertiary/aromatic N) is 7. The lowest BCUT2D eigenvalue weighted by atomic mass is 10.0. The zero-order valence-corrected chi connectivity index (χ0v) is 22.8. The Labute approximate surface area is 235 Å². The molecule has 218 valence electrons. The molecule has 1 unspecified atom stereocenters. The van der Waals surface area contributed by atoms with Crippen molar-refractivity contribution in [1.29, 1.82) is 0 Å². The first-order chi connectivity index (χ1) is 19.6. The number of nitrogens with one attached hydrogen (secondary N) is 2. The van der Waals surface area contributed by atoms with Crippen LogP contribution >= 0.6 is 0 Å². The van der Waals surface area contributed by atoms with E-state index in [1.807, 2.05) is 12.1 Å². The molecule has 2 aromatic heterocycles. The van der Waals surface area contributed by atoms with Crippen molar-refractivity contribution in [1.82, 2.24) is 35.6 Å². The van der Waals surface area contributed by atoms with Crippen molar-refractivity contribution in [2.45, 2.75) is 64.5 Å². The summed E-state index contributed by atoms with van der Waals surface area (Å²) in [4.78, 5) is 28.5. The van der Waals surface area contributed by atoms with Crippen LogP contribution in [0.1, 0.15) is 65.3 Å². The van der Waals surface area contributed by atoms with Crippen LogP contribution in [0.2, 0.25) is 0 Å². The Balaban J connectivity index is 1.13. The summed E-state index contributed by atoms with van der Waals surface area (Å²) in [5.41, 5.74) is 1.84. The minimum Gasteiger partial charge on any atom is -0.350 e. The Hall–Kier alpha value is -4.36. The fourth-order valence-electron chi connectivity index (χ4n) is 4.14. The van der Waals surface area contributed by atoms with E-state index in [2.05, 4.69) is 62.2 Å². The highest BCUT2D eigenvalue weighted by atomic mass is 19.4. The number of unbranched alkanes of at least 4 members (excludes halogenated alkanes) is 1. The first-order valence-corrected chi connectivity index (χ1v) is 13.3. The molecule has 2 amide bonds. The maximum absolute atomic E-state index is 12.8. The summed E-state index contributed by atoms with van der Waals surface area (Å²) >= 11 is 0. The van der Waals surface area contributed by atoms with E-state index in [4.69, 9.17) is 0 Å².